The Morgan fingerprint density at radius 2 is 2.00 bits per heavy atom. The third-order valence-corrected chi connectivity index (χ3v) is 5.13. The van der Waals surface area contributed by atoms with E-state index < -0.39 is 5.91 Å². The van der Waals surface area contributed by atoms with Crippen molar-refractivity contribution in [3.63, 3.8) is 0 Å². The number of pyridine rings is 2. The van der Waals surface area contributed by atoms with Gasteiger partial charge in [0.15, 0.2) is 16.9 Å². The molecule has 1 amide bonds. The zero-order chi connectivity index (χ0) is 22.0. The van der Waals surface area contributed by atoms with Crippen LogP contribution in [0.4, 0.5) is 4.39 Å². The van der Waals surface area contributed by atoms with Gasteiger partial charge in [0.2, 0.25) is 0 Å². The first-order chi connectivity index (χ1) is 15.0. The van der Waals surface area contributed by atoms with Crippen molar-refractivity contribution < 1.29 is 18.7 Å². The van der Waals surface area contributed by atoms with Gasteiger partial charge in [0.25, 0.3) is 11.8 Å². The minimum Gasteiger partial charge on any atom is -0.489 e. The summed E-state index contributed by atoms with van der Waals surface area (Å²) < 4.78 is 20.4. The van der Waals surface area contributed by atoms with Crippen molar-refractivity contribution in [2.24, 2.45) is 10.9 Å². The fourth-order valence-corrected chi connectivity index (χ4v) is 3.62. The minimum atomic E-state index is -0.409. The SMILES string of the molecule is CCCCOc1c2n(/c(=N\N)c3cccnc13)C(=O)CN(Cc1ccc(F)cc1)C2=O. The van der Waals surface area contributed by atoms with Crippen LogP contribution < -0.4 is 16.1 Å². The van der Waals surface area contributed by atoms with Crippen molar-refractivity contribution in [2.75, 3.05) is 13.2 Å². The second-order valence-corrected chi connectivity index (χ2v) is 7.25. The zero-order valence-electron chi connectivity index (χ0n) is 17.0. The first-order valence-corrected chi connectivity index (χ1v) is 10.0. The van der Waals surface area contributed by atoms with Crippen LogP contribution in [0.5, 0.6) is 5.75 Å². The van der Waals surface area contributed by atoms with E-state index in [1.807, 2.05) is 6.92 Å². The highest BCUT2D eigenvalue weighted by Gasteiger charge is 2.35. The van der Waals surface area contributed by atoms with Crippen molar-refractivity contribution >= 4 is 22.7 Å². The number of carbonyl (C=O) groups excluding carboxylic acids is 2. The number of amides is 1. The summed E-state index contributed by atoms with van der Waals surface area (Å²) in [5.74, 6) is 4.70. The van der Waals surface area contributed by atoms with Crippen molar-refractivity contribution in [3.05, 3.63) is 65.2 Å². The monoisotopic (exact) mass is 423 g/mol. The number of aromatic nitrogens is 2. The Hall–Kier alpha value is -3.75. The lowest BCUT2D eigenvalue weighted by atomic mass is 10.1. The highest BCUT2D eigenvalue weighted by molar-refractivity contribution is 6.08. The molecule has 31 heavy (non-hydrogen) atoms. The maximum atomic E-state index is 13.5. The van der Waals surface area contributed by atoms with Gasteiger partial charge in [-0.25, -0.2) is 4.39 Å². The van der Waals surface area contributed by atoms with Crippen molar-refractivity contribution in [2.45, 2.75) is 26.3 Å². The molecule has 1 aliphatic heterocycles. The number of benzene rings is 1. The van der Waals surface area contributed by atoms with Crippen LogP contribution in [0.2, 0.25) is 0 Å². The molecule has 0 spiro atoms. The standard InChI is InChI=1S/C22H22FN5O3/c1-2-3-11-31-20-18-16(5-4-10-25-18)21(26-24)28-17(29)13-27(22(30)19(20)28)12-14-6-8-15(23)9-7-14/h4-10H,2-3,11-13,24H2,1H3/b26-21-. The molecular formula is C22H22FN5O3. The van der Waals surface area contributed by atoms with Gasteiger partial charge in [0.05, 0.1) is 6.61 Å². The van der Waals surface area contributed by atoms with E-state index in [2.05, 4.69) is 10.1 Å². The molecule has 0 saturated carbocycles. The lowest BCUT2D eigenvalue weighted by Gasteiger charge is -2.30. The second kappa shape index (κ2) is 8.55. The molecule has 1 aliphatic rings. The number of ether oxygens (including phenoxy) is 1. The molecular weight excluding hydrogens is 401 g/mol. The van der Waals surface area contributed by atoms with Crippen LogP contribution >= 0.6 is 0 Å². The Kier molecular flexibility index (Phi) is 5.66. The highest BCUT2D eigenvalue weighted by Crippen LogP contribution is 2.30. The summed E-state index contributed by atoms with van der Waals surface area (Å²) in [6.45, 7) is 2.37. The van der Waals surface area contributed by atoms with Gasteiger partial charge in [-0.3, -0.25) is 19.1 Å². The average Bonchev–Trinajstić information content (AvgIpc) is 2.78. The van der Waals surface area contributed by atoms with E-state index in [4.69, 9.17) is 10.6 Å². The molecule has 2 aromatic heterocycles. The Bertz CT molecular complexity index is 1220. The van der Waals surface area contributed by atoms with Crippen LogP contribution in [0.1, 0.15) is 40.6 Å². The number of carbonyl (C=O) groups is 2. The minimum absolute atomic E-state index is 0.0462. The van der Waals surface area contributed by atoms with E-state index >= 15 is 0 Å². The summed E-state index contributed by atoms with van der Waals surface area (Å²) in [4.78, 5) is 32.4. The normalized spacial score (nSPS) is 14.3. The number of hydrogen-bond acceptors (Lipinski definition) is 6. The molecule has 0 radical (unpaired) electrons. The van der Waals surface area contributed by atoms with E-state index in [1.54, 1.807) is 30.5 Å². The van der Waals surface area contributed by atoms with Gasteiger partial charge in [-0.15, -0.1) is 0 Å². The van der Waals surface area contributed by atoms with Gasteiger partial charge in [-0.05, 0) is 36.2 Å². The molecule has 8 nitrogen and oxygen atoms in total. The van der Waals surface area contributed by atoms with E-state index in [1.165, 1.54) is 21.6 Å². The van der Waals surface area contributed by atoms with Crippen LogP contribution in [0.3, 0.4) is 0 Å². The molecule has 0 bridgehead atoms. The van der Waals surface area contributed by atoms with Crippen molar-refractivity contribution in [3.8, 4) is 5.75 Å². The van der Waals surface area contributed by atoms with E-state index in [0.29, 0.717) is 23.1 Å². The predicted octanol–water partition coefficient (Wildman–Crippen LogP) is 2.42. The van der Waals surface area contributed by atoms with Gasteiger partial charge in [0.1, 0.15) is 17.9 Å². The van der Waals surface area contributed by atoms with Crippen LogP contribution in [0.25, 0.3) is 10.9 Å². The molecule has 9 heteroatoms. The van der Waals surface area contributed by atoms with Gasteiger partial charge < -0.3 is 15.5 Å². The maximum Gasteiger partial charge on any atom is 0.275 e. The molecule has 0 saturated heterocycles. The summed E-state index contributed by atoms with van der Waals surface area (Å²) in [6.07, 6.45) is 3.26. The summed E-state index contributed by atoms with van der Waals surface area (Å²) in [5, 5.41) is 4.31. The maximum absolute atomic E-state index is 13.5. The average molecular weight is 423 g/mol. The highest BCUT2D eigenvalue weighted by atomic mass is 19.1. The van der Waals surface area contributed by atoms with Gasteiger partial charge >= 0.3 is 0 Å². The topological polar surface area (TPSA) is 103 Å². The molecule has 2 N–H and O–H groups in total. The van der Waals surface area contributed by atoms with Crippen LogP contribution in [0, 0.1) is 5.82 Å². The van der Waals surface area contributed by atoms with E-state index in [0.717, 1.165) is 12.8 Å². The first kappa shape index (κ1) is 20.5. The van der Waals surface area contributed by atoms with Crippen molar-refractivity contribution in [1.29, 1.82) is 0 Å². The number of unbranched alkanes of at least 4 members (excludes halogenated alkanes) is 1. The van der Waals surface area contributed by atoms with Crippen LogP contribution in [-0.4, -0.2) is 39.4 Å². The predicted molar refractivity (Wildman–Crippen MR) is 112 cm³/mol. The molecule has 0 unspecified atom stereocenters. The number of hydrogen-bond donors (Lipinski definition) is 1. The second-order valence-electron chi connectivity index (χ2n) is 7.25. The van der Waals surface area contributed by atoms with Crippen LogP contribution in [-0.2, 0) is 6.54 Å². The van der Waals surface area contributed by atoms with Crippen LogP contribution in [0.15, 0.2) is 47.7 Å². The summed E-state index contributed by atoms with van der Waals surface area (Å²) in [5.41, 5.74) is 1.32. The molecule has 1 aromatic carbocycles. The first-order valence-electron chi connectivity index (χ1n) is 10.0. The van der Waals surface area contributed by atoms with E-state index in [9.17, 15) is 14.0 Å². The molecule has 0 fully saturated rings. The Labute approximate surface area is 177 Å². The number of nitrogens with zero attached hydrogens (tertiary/aromatic N) is 4. The third-order valence-electron chi connectivity index (χ3n) is 5.13. The fourth-order valence-electron chi connectivity index (χ4n) is 3.62. The number of rotatable bonds is 6. The lowest BCUT2D eigenvalue weighted by Crippen LogP contribution is -2.49. The third kappa shape index (κ3) is 3.74. The van der Waals surface area contributed by atoms with Gasteiger partial charge in [-0.1, -0.05) is 25.5 Å². The molecule has 160 valence electrons. The smallest absolute Gasteiger partial charge is 0.275 e. The molecule has 3 heterocycles. The zero-order valence-corrected chi connectivity index (χ0v) is 17.0. The van der Waals surface area contributed by atoms with Gasteiger partial charge in [0, 0.05) is 18.1 Å². The molecule has 0 atom stereocenters. The molecule has 3 aromatic rings. The number of fused-ring (bicyclic) bond motifs is 2. The Balaban J connectivity index is 1.87. The quantitative estimate of drug-likeness (QED) is 0.373. The Morgan fingerprint density at radius 1 is 1.23 bits per heavy atom. The number of nitrogens with two attached hydrogens (primary N) is 1. The van der Waals surface area contributed by atoms with Crippen molar-refractivity contribution in [1.82, 2.24) is 14.5 Å². The summed E-state index contributed by atoms with van der Waals surface area (Å²) >= 11 is 0. The van der Waals surface area contributed by atoms with Gasteiger partial charge in [-0.2, -0.15) is 5.10 Å². The molecule has 4 rings (SSSR count). The lowest BCUT2D eigenvalue weighted by molar-refractivity contribution is 0.0596. The Morgan fingerprint density at radius 3 is 2.71 bits per heavy atom. The van der Waals surface area contributed by atoms with E-state index in [-0.39, 0.29) is 41.7 Å². The summed E-state index contributed by atoms with van der Waals surface area (Å²) in [7, 11) is 0. The number of halogens is 1. The largest absolute Gasteiger partial charge is 0.489 e. The molecule has 0 aliphatic carbocycles. The summed E-state index contributed by atoms with van der Waals surface area (Å²) in [6, 6.07) is 9.23. The fraction of sp³-hybridized carbons (Fsp3) is 0.273.